The smallest absolute Gasteiger partial charge is 0.320 e. The summed E-state index contributed by atoms with van der Waals surface area (Å²) in [6.07, 6.45) is 1.61. The lowest BCUT2D eigenvalue weighted by molar-refractivity contribution is 0.196. The molecule has 1 aliphatic heterocycles. The molecule has 2 rings (SSSR count). The van der Waals surface area contributed by atoms with Crippen LogP contribution in [0.15, 0.2) is 16.7 Å². The molecule has 1 saturated heterocycles. The van der Waals surface area contributed by atoms with Crippen LogP contribution < -0.4 is 5.73 Å². The molecule has 0 unspecified atom stereocenters. The summed E-state index contributed by atoms with van der Waals surface area (Å²) in [5.74, 6) is 0.761. The lowest BCUT2D eigenvalue weighted by atomic mass is 10.2. The van der Waals surface area contributed by atoms with E-state index in [4.69, 9.17) is 10.2 Å². The van der Waals surface area contributed by atoms with E-state index >= 15 is 0 Å². The van der Waals surface area contributed by atoms with Gasteiger partial charge < -0.3 is 20.0 Å². The first-order chi connectivity index (χ1) is 7.22. The molecule has 82 valence electrons. The predicted molar refractivity (Wildman–Crippen MR) is 55.0 cm³/mol. The van der Waals surface area contributed by atoms with E-state index in [-0.39, 0.29) is 6.03 Å². The molecule has 5 nitrogen and oxygen atoms in total. The molecule has 2 N–H and O–H groups in total. The number of amides is 2. The third kappa shape index (κ3) is 1.83. The Morgan fingerprint density at radius 3 is 2.93 bits per heavy atom. The zero-order valence-electron chi connectivity index (χ0n) is 8.77. The maximum atomic E-state index is 11.6. The van der Waals surface area contributed by atoms with E-state index in [1.165, 1.54) is 0 Å². The number of furan rings is 1. The van der Waals surface area contributed by atoms with E-state index in [0.29, 0.717) is 13.1 Å². The van der Waals surface area contributed by atoms with E-state index in [2.05, 4.69) is 0 Å². The Hall–Kier alpha value is -1.49. The van der Waals surface area contributed by atoms with Crippen LogP contribution in [0, 0.1) is 0 Å². The van der Waals surface area contributed by atoms with Gasteiger partial charge in [-0.25, -0.2) is 4.79 Å². The second kappa shape index (κ2) is 3.94. The fraction of sp³-hybridized carbons (Fsp3) is 0.500. The molecule has 0 radical (unpaired) electrons. The lowest BCUT2D eigenvalue weighted by Gasteiger charge is -2.15. The van der Waals surface area contributed by atoms with Gasteiger partial charge in [0.15, 0.2) is 0 Å². The average molecular weight is 209 g/mol. The van der Waals surface area contributed by atoms with Gasteiger partial charge in [0.1, 0.15) is 5.76 Å². The number of likely N-dealkylation sites (N-methyl/N-ethyl adjacent to an activating group) is 1. The quantitative estimate of drug-likeness (QED) is 0.793. The van der Waals surface area contributed by atoms with Crippen LogP contribution in [-0.4, -0.2) is 36.0 Å². The van der Waals surface area contributed by atoms with Crippen molar-refractivity contribution >= 4 is 6.03 Å². The highest BCUT2D eigenvalue weighted by molar-refractivity contribution is 5.76. The number of rotatable bonds is 3. The molecule has 2 amide bonds. The van der Waals surface area contributed by atoms with Crippen molar-refractivity contribution in [3.8, 4) is 0 Å². The predicted octanol–water partition coefficient (Wildman–Crippen LogP) is 0.606. The van der Waals surface area contributed by atoms with Crippen LogP contribution >= 0.6 is 0 Å². The SMILES string of the molecule is CN1CCN(Cc2ccoc2CN)C1=O. The van der Waals surface area contributed by atoms with E-state index in [0.717, 1.165) is 24.4 Å². The molecule has 0 saturated carbocycles. The van der Waals surface area contributed by atoms with E-state index in [1.807, 2.05) is 13.1 Å². The standard InChI is InChI=1S/C10H15N3O2/c1-12-3-4-13(10(12)14)7-8-2-5-15-9(8)6-11/h2,5H,3-4,6-7,11H2,1H3. The third-order valence-electron chi connectivity index (χ3n) is 2.69. The van der Waals surface area contributed by atoms with Gasteiger partial charge in [-0.2, -0.15) is 0 Å². The molecule has 0 aromatic carbocycles. The van der Waals surface area contributed by atoms with Crippen molar-refractivity contribution in [1.82, 2.24) is 9.80 Å². The Balaban J connectivity index is 2.06. The van der Waals surface area contributed by atoms with Crippen molar-refractivity contribution < 1.29 is 9.21 Å². The van der Waals surface area contributed by atoms with Crippen molar-refractivity contribution in [3.63, 3.8) is 0 Å². The second-order valence-electron chi connectivity index (χ2n) is 3.70. The van der Waals surface area contributed by atoms with Crippen molar-refractivity contribution in [2.24, 2.45) is 5.73 Å². The summed E-state index contributed by atoms with van der Waals surface area (Å²) < 4.78 is 5.21. The monoisotopic (exact) mass is 209 g/mol. The number of hydrogen-bond donors (Lipinski definition) is 1. The van der Waals surface area contributed by atoms with Crippen molar-refractivity contribution in [3.05, 3.63) is 23.7 Å². The van der Waals surface area contributed by atoms with Crippen LogP contribution in [0.2, 0.25) is 0 Å². The molecule has 5 heteroatoms. The minimum absolute atomic E-state index is 0.0687. The summed E-state index contributed by atoms with van der Waals surface area (Å²) in [6, 6.07) is 1.94. The van der Waals surface area contributed by atoms with Gasteiger partial charge in [-0.05, 0) is 6.07 Å². The zero-order valence-corrected chi connectivity index (χ0v) is 8.77. The number of nitrogens with two attached hydrogens (primary N) is 1. The molecular weight excluding hydrogens is 194 g/mol. The van der Waals surface area contributed by atoms with Crippen LogP contribution in [0.5, 0.6) is 0 Å². The molecule has 2 heterocycles. The van der Waals surface area contributed by atoms with Crippen LogP contribution in [0.25, 0.3) is 0 Å². The maximum Gasteiger partial charge on any atom is 0.320 e. The highest BCUT2D eigenvalue weighted by Gasteiger charge is 2.25. The van der Waals surface area contributed by atoms with E-state index in [9.17, 15) is 4.79 Å². The van der Waals surface area contributed by atoms with Crippen molar-refractivity contribution in [2.45, 2.75) is 13.1 Å². The molecule has 15 heavy (non-hydrogen) atoms. The van der Waals surface area contributed by atoms with Crippen LogP contribution in [0.4, 0.5) is 4.79 Å². The van der Waals surface area contributed by atoms with Crippen molar-refractivity contribution in [2.75, 3.05) is 20.1 Å². The van der Waals surface area contributed by atoms with Gasteiger partial charge in [-0.15, -0.1) is 0 Å². The van der Waals surface area contributed by atoms with Gasteiger partial charge in [0.25, 0.3) is 0 Å². The summed E-state index contributed by atoms with van der Waals surface area (Å²) in [7, 11) is 1.81. The first-order valence-electron chi connectivity index (χ1n) is 4.97. The molecule has 0 spiro atoms. The fourth-order valence-corrected chi connectivity index (χ4v) is 1.74. The Morgan fingerprint density at radius 2 is 2.33 bits per heavy atom. The molecule has 1 fully saturated rings. The summed E-state index contributed by atoms with van der Waals surface area (Å²) in [5.41, 5.74) is 6.52. The zero-order chi connectivity index (χ0) is 10.8. The largest absolute Gasteiger partial charge is 0.468 e. The number of urea groups is 1. The fourth-order valence-electron chi connectivity index (χ4n) is 1.74. The molecule has 0 aliphatic carbocycles. The Labute approximate surface area is 88.4 Å². The summed E-state index contributed by atoms with van der Waals surface area (Å²) in [6.45, 7) is 2.52. The molecule has 0 bridgehead atoms. The molecule has 0 atom stereocenters. The molecular formula is C10H15N3O2. The minimum Gasteiger partial charge on any atom is -0.468 e. The average Bonchev–Trinajstić information content (AvgIpc) is 2.80. The number of carbonyl (C=O) groups excluding carboxylic acids is 1. The highest BCUT2D eigenvalue weighted by atomic mass is 16.3. The van der Waals surface area contributed by atoms with E-state index < -0.39 is 0 Å². The summed E-state index contributed by atoms with van der Waals surface area (Å²) in [5, 5.41) is 0. The van der Waals surface area contributed by atoms with Crippen LogP contribution in [-0.2, 0) is 13.1 Å². The molecule has 1 aromatic heterocycles. The van der Waals surface area contributed by atoms with Gasteiger partial charge in [0.05, 0.1) is 19.4 Å². The van der Waals surface area contributed by atoms with Gasteiger partial charge >= 0.3 is 6.03 Å². The maximum absolute atomic E-state index is 11.6. The van der Waals surface area contributed by atoms with Gasteiger partial charge in [-0.1, -0.05) is 0 Å². The van der Waals surface area contributed by atoms with Gasteiger partial charge in [0.2, 0.25) is 0 Å². The van der Waals surface area contributed by atoms with Crippen LogP contribution in [0.3, 0.4) is 0 Å². The van der Waals surface area contributed by atoms with Gasteiger partial charge in [0, 0.05) is 25.7 Å². The highest BCUT2D eigenvalue weighted by Crippen LogP contribution is 2.16. The number of hydrogen-bond acceptors (Lipinski definition) is 3. The third-order valence-corrected chi connectivity index (χ3v) is 2.69. The Kier molecular flexibility index (Phi) is 2.64. The van der Waals surface area contributed by atoms with Crippen molar-refractivity contribution in [1.29, 1.82) is 0 Å². The number of nitrogens with zero attached hydrogens (tertiary/aromatic N) is 2. The first-order valence-corrected chi connectivity index (χ1v) is 4.97. The van der Waals surface area contributed by atoms with E-state index in [1.54, 1.807) is 16.1 Å². The normalized spacial score (nSPS) is 16.5. The summed E-state index contributed by atoms with van der Waals surface area (Å²) >= 11 is 0. The Bertz CT molecular complexity index is 361. The van der Waals surface area contributed by atoms with Crippen LogP contribution in [0.1, 0.15) is 11.3 Å². The summed E-state index contributed by atoms with van der Waals surface area (Å²) in [4.78, 5) is 15.1. The molecule has 1 aliphatic rings. The Morgan fingerprint density at radius 1 is 1.53 bits per heavy atom. The topological polar surface area (TPSA) is 62.7 Å². The molecule has 1 aromatic rings. The van der Waals surface area contributed by atoms with Gasteiger partial charge in [-0.3, -0.25) is 0 Å². The first kappa shape index (κ1) is 10.0. The number of carbonyl (C=O) groups is 1. The lowest BCUT2D eigenvalue weighted by Crippen LogP contribution is -2.29. The minimum atomic E-state index is 0.0687. The second-order valence-corrected chi connectivity index (χ2v) is 3.70.